The minimum atomic E-state index is -0.340. The summed E-state index contributed by atoms with van der Waals surface area (Å²) in [6.45, 7) is 0. The number of aromatic nitrogens is 5. The Kier molecular flexibility index (Phi) is 6.00. The molecule has 0 aliphatic carbocycles. The van der Waals surface area contributed by atoms with Crippen molar-refractivity contribution in [1.82, 2.24) is 24.1 Å². The molecular formula is C51H31N5O. The zero-order valence-corrected chi connectivity index (χ0v) is 30.2. The molecule has 12 aromatic rings. The van der Waals surface area contributed by atoms with E-state index in [1.165, 1.54) is 0 Å². The van der Waals surface area contributed by atoms with E-state index in [1.807, 2.05) is 108 Å². The third kappa shape index (κ3) is 4.94. The van der Waals surface area contributed by atoms with Gasteiger partial charge in [-0.05, 0) is 54.5 Å². The fraction of sp³-hybridized carbons (Fsp3) is 0. The number of furan rings is 1. The molecule has 0 bridgehead atoms. The van der Waals surface area contributed by atoms with Crippen LogP contribution in [0.2, 0.25) is 0 Å². The minimum absolute atomic E-state index is 0.0381. The molecule has 0 saturated carbocycles. The summed E-state index contributed by atoms with van der Waals surface area (Å²) in [6, 6.07) is 52.9. The van der Waals surface area contributed by atoms with E-state index in [1.54, 1.807) is 0 Å². The molecule has 0 spiro atoms. The maximum atomic E-state index is 10.0. The molecule has 0 fully saturated rings. The number of hydrogen-bond donors (Lipinski definition) is 0. The largest absolute Gasteiger partial charge is 0.456 e. The summed E-state index contributed by atoms with van der Waals surface area (Å²) in [6.07, 6.45) is 0. The average molecular weight is 734 g/mol. The summed E-state index contributed by atoms with van der Waals surface area (Å²) in [5, 5.41) is 5.81. The lowest BCUT2D eigenvalue weighted by atomic mass is 10.1. The smallest absolute Gasteiger partial charge is 0.164 e. The number of fused-ring (bicyclic) bond motifs is 9. The molecular weight excluding hydrogens is 699 g/mol. The first-order valence-electron chi connectivity index (χ1n) is 20.8. The van der Waals surface area contributed by atoms with Gasteiger partial charge in [-0.15, -0.1) is 0 Å². The number of para-hydroxylation sites is 3. The van der Waals surface area contributed by atoms with Crippen LogP contribution in [0, 0.1) is 0 Å². The van der Waals surface area contributed by atoms with Crippen LogP contribution in [0.5, 0.6) is 0 Å². The summed E-state index contributed by atoms with van der Waals surface area (Å²) >= 11 is 0. The quantitative estimate of drug-likeness (QED) is 0.177. The lowest BCUT2D eigenvalue weighted by Crippen LogP contribution is -2.01. The zero-order chi connectivity index (χ0) is 40.9. The summed E-state index contributed by atoms with van der Waals surface area (Å²) < 4.78 is 48.8. The predicted molar refractivity (Wildman–Crippen MR) is 232 cm³/mol. The Balaban J connectivity index is 1.19. The Morgan fingerprint density at radius 1 is 0.386 bits per heavy atom. The maximum absolute atomic E-state index is 10.0. The molecule has 0 aliphatic heterocycles. The standard InChI is InChI=1S/C51H31N5O/c1-3-14-32(15-4-1)49-52-50(33-16-5-2-6-17-33)54-51(53-49)34-18-13-19-35(28-34)56-45-29-36(55-43-23-10-7-20-37(43)38-21-8-11-24-44(38)55)26-27-39(45)41-31-48-42(30-46(41)56)40-22-9-12-25-47(40)57-48/h1-31H/i13D,18D,19D,28D. The molecule has 57 heavy (non-hydrogen) atoms. The second kappa shape index (κ2) is 12.3. The number of rotatable bonds is 5. The van der Waals surface area contributed by atoms with Crippen LogP contribution >= 0.6 is 0 Å². The number of hydrogen-bond acceptors (Lipinski definition) is 4. The van der Waals surface area contributed by atoms with Crippen molar-refractivity contribution < 1.29 is 9.90 Å². The van der Waals surface area contributed by atoms with Crippen LogP contribution in [0.3, 0.4) is 0 Å². The Morgan fingerprint density at radius 2 is 0.930 bits per heavy atom. The van der Waals surface area contributed by atoms with Crippen LogP contribution in [0.1, 0.15) is 5.48 Å². The van der Waals surface area contributed by atoms with Gasteiger partial charge in [0.2, 0.25) is 0 Å². The van der Waals surface area contributed by atoms with E-state index in [4.69, 9.17) is 19.4 Å². The molecule has 0 radical (unpaired) electrons. The molecule has 8 aromatic carbocycles. The highest BCUT2D eigenvalue weighted by Gasteiger charge is 2.20. The van der Waals surface area contributed by atoms with Crippen LogP contribution in [-0.2, 0) is 0 Å². The summed E-state index contributed by atoms with van der Waals surface area (Å²) in [7, 11) is 0. The molecule has 4 heterocycles. The average Bonchev–Trinajstić information content (AvgIpc) is 3.95. The van der Waals surface area contributed by atoms with Crippen molar-refractivity contribution in [3.05, 3.63) is 188 Å². The molecule has 0 aliphatic rings. The summed E-state index contributed by atoms with van der Waals surface area (Å²) in [4.78, 5) is 14.6. The second-order valence-corrected chi connectivity index (χ2v) is 14.1. The van der Waals surface area contributed by atoms with Gasteiger partial charge in [0.25, 0.3) is 0 Å². The van der Waals surface area contributed by atoms with Crippen LogP contribution in [0.25, 0.3) is 111 Å². The highest BCUT2D eigenvalue weighted by Crippen LogP contribution is 2.41. The van der Waals surface area contributed by atoms with Crippen LogP contribution < -0.4 is 0 Å². The lowest BCUT2D eigenvalue weighted by molar-refractivity contribution is 0.669. The van der Waals surface area contributed by atoms with Gasteiger partial charge in [0.1, 0.15) is 11.2 Å². The van der Waals surface area contributed by atoms with Gasteiger partial charge in [-0.25, -0.2) is 15.0 Å². The first kappa shape index (κ1) is 27.7. The Morgan fingerprint density at radius 3 is 1.61 bits per heavy atom. The highest BCUT2D eigenvalue weighted by molar-refractivity contribution is 6.17. The van der Waals surface area contributed by atoms with Crippen LogP contribution in [0.15, 0.2) is 192 Å². The lowest BCUT2D eigenvalue weighted by Gasteiger charge is -2.13. The normalized spacial score (nSPS) is 12.8. The molecule has 0 unspecified atom stereocenters. The van der Waals surface area contributed by atoms with Crippen molar-refractivity contribution in [3.8, 4) is 45.5 Å². The molecule has 6 nitrogen and oxygen atoms in total. The molecule has 0 N–H and O–H groups in total. The highest BCUT2D eigenvalue weighted by atomic mass is 16.3. The van der Waals surface area contributed by atoms with E-state index >= 15 is 0 Å². The maximum Gasteiger partial charge on any atom is 0.164 e. The third-order valence-corrected chi connectivity index (χ3v) is 10.8. The Bertz CT molecular complexity index is 3650. The van der Waals surface area contributed by atoms with Gasteiger partial charge in [0.05, 0.1) is 27.5 Å². The summed E-state index contributed by atoms with van der Waals surface area (Å²) in [5.74, 6) is 0.814. The predicted octanol–water partition coefficient (Wildman–Crippen LogP) is 13.0. The van der Waals surface area contributed by atoms with Crippen molar-refractivity contribution in [2.24, 2.45) is 0 Å². The van der Waals surface area contributed by atoms with E-state index in [0.717, 1.165) is 76.8 Å². The molecule has 0 atom stereocenters. The molecule has 4 aromatic heterocycles. The van der Waals surface area contributed by atoms with Gasteiger partial charge in [-0.3, -0.25) is 0 Å². The minimum Gasteiger partial charge on any atom is -0.456 e. The van der Waals surface area contributed by atoms with E-state index in [9.17, 15) is 5.48 Å². The first-order chi connectivity index (χ1) is 29.9. The number of nitrogens with zero attached hydrogens (tertiary/aromatic N) is 5. The van der Waals surface area contributed by atoms with Crippen molar-refractivity contribution in [1.29, 1.82) is 0 Å². The van der Waals surface area contributed by atoms with E-state index < -0.39 is 0 Å². The van der Waals surface area contributed by atoms with E-state index in [2.05, 4.69) is 65.2 Å². The van der Waals surface area contributed by atoms with Gasteiger partial charge in [-0.1, -0.05) is 133 Å². The SMILES string of the molecule is [2H]c1c([2H])c(-c2nc(-c3ccccc3)nc(-c3ccccc3)n2)c([2H])c(-n2c3cc(-n4c5ccccc5c5ccccc54)ccc3c3cc4oc5ccccc5c4cc32)c1[2H]. The molecule has 0 amide bonds. The molecule has 0 saturated heterocycles. The van der Waals surface area contributed by atoms with Gasteiger partial charge in [0, 0.05) is 60.4 Å². The Labute approximate surface area is 332 Å². The van der Waals surface area contributed by atoms with Crippen molar-refractivity contribution in [2.45, 2.75) is 0 Å². The van der Waals surface area contributed by atoms with Crippen molar-refractivity contribution in [3.63, 3.8) is 0 Å². The first-order valence-corrected chi connectivity index (χ1v) is 18.8. The van der Waals surface area contributed by atoms with Crippen LogP contribution in [-0.4, -0.2) is 24.1 Å². The zero-order valence-electron chi connectivity index (χ0n) is 34.2. The van der Waals surface area contributed by atoms with Gasteiger partial charge >= 0.3 is 0 Å². The van der Waals surface area contributed by atoms with E-state index in [-0.39, 0.29) is 41.2 Å². The third-order valence-electron chi connectivity index (χ3n) is 10.8. The van der Waals surface area contributed by atoms with Crippen LogP contribution in [0.4, 0.5) is 0 Å². The second-order valence-electron chi connectivity index (χ2n) is 14.1. The fourth-order valence-electron chi connectivity index (χ4n) is 8.28. The van der Waals surface area contributed by atoms with Gasteiger partial charge < -0.3 is 13.6 Å². The van der Waals surface area contributed by atoms with E-state index in [0.29, 0.717) is 17.2 Å². The number of benzene rings is 8. The Hall–Kier alpha value is -7.83. The van der Waals surface area contributed by atoms with Gasteiger partial charge in [0.15, 0.2) is 17.5 Å². The molecule has 266 valence electrons. The molecule has 12 rings (SSSR count). The van der Waals surface area contributed by atoms with Crippen molar-refractivity contribution >= 4 is 65.6 Å². The topological polar surface area (TPSA) is 61.7 Å². The van der Waals surface area contributed by atoms with Gasteiger partial charge in [-0.2, -0.15) is 0 Å². The fourth-order valence-corrected chi connectivity index (χ4v) is 8.28. The molecule has 6 heteroatoms. The summed E-state index contributed by atoms with van der Waals surface area (Å²) in [5.41, 5.74) is 7.56. The monoisotopic (exact) mass is 733 g/mol. The van der Waals surface area contributed by atoms with Crippen molar-refractivity contribution in [2.75, 3.05) is 0 Å².